The molecule has 2 aliphatic carbocycles. The maximum absolute atomic E-state index is 13.6. The number of hydrogen-bond acceptors (Lipinski definition) is 27. The third kappa shape index (κ3) is 48.6. The van der Waals surface area contributed by atoms with Gasteiger partial charge in [0.1, 0.15) is 17.2 Å². The van der Waals surface area contributed by atoms with E-state index in [1.165, 1.54) is 4.91 Å². The predicted molar refractivity (Wildman–Crippen MR) is 462 cm³/mol. The fourth-order valence-corrected chi connectivity index (χ4v) is 12.6. The number of rotatable bonds is 51. The fourth-order valence-electron chi connectivity index (χ4n) is 12.2. The smallest absolute Gasteiger partial charge is 0.481 e. The first-order valence-electron chi connectivity index (χ1n) is 39.9. The quantitative estimate of drug-likeness (QED) is 0.00306. The summed E-state index contributed by atoms with van der Waals surface area (Å²) >= 11 is 0. The number of carbonyl (C=O) groups is 4. The number of aliphatic carboxylic acids is 2. The molecule has 1 aromatic heterocycles. The van der Waals surface area contributed by atoms with Crippen LogP contribution in [0.15, 0.2) is 181 Å². The van der Waals surface area contributed by atoms with E-state index in [1.807, 2.05) is 167 Å². The molecule has 35 nitrogen and oxygen atoms in total. The minimum Gasteiger partial charge on any atom is -0.481 e. The van der Waals surface area contributed by atoms with Crippen molar-refractivity contribution in [1.29, 1.82) is 0 Å². The van der Waals surface area contributed by atoms with E-state index in [0.717, 1.165) is 46.9 Å². The molecule has 0 amide bonds. The zero-order chi connectivity index (χ0) is 90.9. The molecule has 0 unspecified atom stereocenters. The zero-order valence-electron chi connectivity index (χ0n) is 71.7. The van der Waals surface area contributed by atoms with E-state index in [9.17, 15) is 46.2 Å². The molecule has 1 heterocycles. The summed E-state index contributed by atoms with van der Waals surface area (Å²) in [6.45, 7) is 21.9. The van der Waals surface area contributed by atoms with Crippen molar-refractivity contribution in [3.05, 3.63) is 230 Å². The van der Waals surface area contributed by atoms with Crippen LogP contribution >= 0.6 is 10.7 Å². The maximum atomic E-state index is 13.6. The Hall–Kier alpha value is -8.85. The number of aliphatic hydroxyl groups excluding tert-OH is 1. The summed E-state index contributed by atoms with van der Waals surface area (Å²) in [6, 6.07) is 51.0. The first-order chi connectivity index (χ1) is 60.0. The van der Waals surface area contributed by atoms with Gasteiger partial charge in [-0.1, -0.05) is 138 Å². The molecule has 0 saturated heterocycles. The number of aliphatic hydroxyl groups is 1. The van der Waals surface area contributed by atoms with E-state index in [4.69, 9.17) is 94.4 Å². The molecule has 4 atom stereocenters. The summed E-state index contributed by atoms with van der Waals surface area (Å²) in [7, 11) is -2.05. The van der Waals surface area contributed by atoms with Gasteiger partial charge in [0.05, 0.1) is 194 Å². The summed E-state index contributed by atoms with van der Waals surface area (Å²) in [6.07, 6.45) is 9.14. The van der Waals surface area contributed by atoms with Crippen LogP contribution in [0.25, 0.3) is 37.7 Å². The number of ether oxygens (including phenoxy) is 14. The van der Waals surface area contributed by atoms with Crippen molar-refractivity contribution < 1.29 is 151 Å². The predicted octanol–water partition coefficient (Wildman–Crippen LogP) is 8.79. The Bertz CT molecular complexity index is 4290. The first kappa shape index (κ1) is 112. The van der Waals surface area contributed by atoms with Gasteiger partial charge in [0.2, 0.25) is 9.05 Å². The molecule has 0 bridgehead atoms. The van der Waals surface area contributed by atoms with Crippen molar-refractivity contribution >= 4 is 53.7 Å². The molecular formula is C86H115ClN9NaO26S2. The summed E-state index contributed by atoms with van der Waals surface area (Å²) in [5.41, 5.74) is 26.9. The number of hydrogen-bond donors (Lipinski definition) is 3. The molecule has 6 aromatic carbocycles. The number of esters is 2. The number of carboxylic acids is 2. The number of carboxylic acid groups (broad SMARTS) is 2. The van der Waals surface area contributed by atoms with Crippen molar-refractivity contribution in [2.24, 2.45) is 28.8 Å². The number of azide groups is 1. The van der Waals surface area contributed by atoms with E-state index >= 15 is 0 Å². The third-order valence-electron chi connectivity index (χ3n) is 17.5. The molecule has 2 aliphatic rings. The van der Waals surface area contributed by atoms with Crippen molar-refractivity contribution in [1.82, 2.24) is 15.0 Å². The van der Waals surface area contributed by atoms with E-state index in [2.05, 4.69) is 41.1 Å². The fraction of sp³-hybridized carbons (Fsp3) is 0.488. The monoisotopic (exact) mass is 1810 g/mol. The maximum Gasteiger partial charge on any atom is 1.00 e. The molecule has 0 radical (unpaired) electrons. The topological polar surface area (TPSA) is 474 Å². The second-order valence-electron chi connectivity index (χ2n) is 26.1. The van der Waals surface area contributed by atoms with Crippen LogP contribution < -0.4 is 39.0 Å². The van der Waals surface area contributed by atoms with Crippen molar-refractivity contribution in [2.45, 2.75) is 57.9 Å². The minimum atomic E-state index is -3.36. The van der Waals surface area contributed by atoms with Gasteiger partial charge < -0.3 is 92.7 Å². The minimum absolute atomic E-state index is 0. The summed E-state index contributed by atoms with van der Waals surface area (Å²) < 4.78 is 120. The van der Waals surface area contributed by atoms with Gasteiger partial charge in [-0.05, 0) is 104 Å². The number of nitrogens with zero attached hydrogens (tertiary/aromatic N) is 9. The largest absolute Gasteiger partial charge is 1.00 e. The van der Waals surface area contributed by atoms with E-state index in [1.54, 1.807) is 41.1 Å². The molecule has 125 heavy (non-hydrogen) atoms. The van der Waals surface area contributed by atoms with Gasteiger partial charge in [0.25, 0.3) is 10.1 Å². The average molecular weight is 1810 g/mol. The summed E-state index contributed by atoms with van der Waals surface area (Å²) in [4.78, 5) is 55.6. The van der Waals surface area contributed by atoms with Crippen LogP contribution in [0.4, 0.5) is 0 Å². The Kier molecular flexibility index (Phi) is 62.2. The van der Waals surface area contributed by atoms with E-state index in [0.29, 0.717) is 181 Å². The molecule has 2 saturated carbocycles. The normalized spacial score (nSPS) is 16.3. The van der Waals surface area contributed by atoms with E-state index < -0.39 is 90.4 Å². The molecule has 2 fully saturated rings. The molecule has 9 rings (SSSR count). The van der Waals surface area contributed by atoms with Crippen molar-refractivity contribution in [3.8, 4) is 35.1 Å². The van der Waals surface area contributed by atoms with Gasteiger partial charge in [-0.2, -0.15) is 8.42 Å². The molecule has 39 heteroatoms. The first-order valence-corrected chi connectivity index (χ1v) is 44.4. The van der Waals surface area contributed by atoms with E-state index in [-0.39, 0.29) is 49.4 Å². The molecule has 680 valence electrons. The van der Waals surface area contributed by atoms with Gasteiger partial charge in [-0.15, -0.1) is 11.5 Å². The van der Waals surface area contributed by atoms with Gasteiger partial charge in [-0.3, -0.25) is 28.3 Å². The van der Waals surface area contributed by atoms with Crippen molar-refractivity contribution in [3.63, 3.8) is 0 Å². The standard InChI is InChI=1S/C34H37N3O7.C26H20O4.C9H20O6S.C8H17N3O3.C8H18O4.CH3ClO2S.N3.Na/c1-2-41-19-20-43-22-21-42-18-17-37-23-28(35-36-37)24-13-15-27(16-14-24)44-34(40)32-29(25-9-5-3-6-10-25)31(33(38)39)30(32)26-11-7-4-8-12-26;1-2-17-13-15-20(16-14-17)30-26(29)24-21(18-9-5-3-6-10-18)23(25(27)28)22(24)19-11-7-4-8-12-19;1-3-12-4-5-13-6-7-14-8-9-15-16(2,10)11;1-2-12-5-6-14-8-7-13-4-3-10-11-9;1-2-10-5-6-12-8-7-11-4-3-9;1-5(2,3)4;1-3-2;/h3-16,23,29-32H,2,17-22H2,1H3,(H,38,39);1,3-16,21-24H,(H,27,28);3-9H2,1-2H3;2-8H2,1H3;9H,2-8H2,1H3;1H3;;/q;;;;;;-1;+1/t29-,30-,31?,32?;21-,22-,23?,24?;;;;;;/m01....../s1. The van der Waals surface area contributed by atoms with Crippen LogP contribution in [0.3, 0.4) is 0 Å². The molecule has 3 N–H and O–H groups in total. The average Bonchev–Trinajstić information content (AvgIpc) is 0.946. The Morgan fingerprint density at radius 2 is 0.752 bits per heavy atom. The van der Waals surface area contributed by atoms with Gasteiger partial charge in [0.15, 0.2) is 0 Å². The van der Waals surface area contributed by atoms with Crippen LogP contribution in [0.2, 0.25) is 0 Å². The SMILES string of the molecule is C#Cc1ccc(OC(=O)C2[C@H](c3ccccc3)C(C(=O)O)[C@H]2c2ccccc2)cc1.CCOCCOCCOCCN=[N+]=[N-].CCOCCOCCOCCO.CCOCCOCCOCCOS(C)(=O)=O.CCOCCOCCOCCn1cc(-c2ccc(OC(=O)C3[C@@H](c4ccccc4)C(C(=O)O)[C@@H]3c3ccccc3)cc2)nn1.CS(=O)(=O)Cl.[N-]=[N+]=[N-].[Na+]. The Morgan fingerprint density at radius 3 is 1.05 bits per heavy atom. The molecule has 7 aromatic rings. The van der Waals surface area contributed by atoms with Gasteiger partial charge >= 0.3 is 53.4 Å². The molecule has 0 spiro atoms. The molecular weight excluding hydrogens is 1700 g/mol. The van der Waals surface area contributed by atoms with Crippen LogP contribution in [0, 0.1) is 36.0 Å². The van der Waals surface area contributed by atoms with Crippen LogP contribution in [0.5, 0.6) is 11.5 Å². The molecule has 0 aliphatic heterocycles. The second kappa shape index (κ2) is 69.3. The Labute approximate surface area is 758 Å². The Balaban J connectivity index is 0.000000564. The number of halogens is 1. The number of aromatic nitrogens is 3. The van der Waals surface area contributed by atoms with Gasteiger partial charge in [-0.25, -0.2) is 13.1 Å². The number of benzene rings is 6. The second-order valence-corrected chi connectivity index (χ2v) is 30.8. The van der Waals surface area contributed by atoms with Gasteiger partial charge in [0, 0.05) is 83.4 Å². The van der Waals surface area contributed by atoms with Crippen LogP contribution in [-0.2, 0) is 106 Å². The Morgan fingerprint density at radius 1 is 0.456 bits per heavy atom. The zero-order valence-corrected chi connectivity index (χ0v) is 76.1. The summed E-state index contributed by atoms with van der Waals surface area (Å²) in [5.74, 6) is -4.11. The number of terminal acetylenes is 1. The van der Waals surface area contributed by atoms with Crippen molar-refractivity contribution in [2.75, 3.05) is 191 Å². The van der Waals surface area contributed by atoms with Crippen LogP contribution in [-0.4, -0.2) is 262 Å². The summed E-state index contributed by atoms with van der Waals surface area (Å²) in [5, 5.41) is 40.2. The number of carbonyl (C=O) groups excluding carboxylic acids is 2. The van der Waals surface area contributed by atoms with Crippen LogP contribution in [0.1, 0.15) is 79.2 Å². The third-order valence-corrected chi connectivity index (χ3v) is 18.1.